The molecule has 0 spiro atoms. The number of thioether (sulfide) groups is 1. The standard InChI is InChI=1S/C20H19N3O2S2/c1-2-25-17-10-6-7-15(11-17)12-21-23-19(24)14-27-20-22-18(13-26-20)16-8-4-3-5-9-16/h3-13H,2,14H2,1H3,(H,23,24)/b21-12+. The van der Waals surface area contributed by atoms with Gasteiger partial charge in [-0.15, -0.1) is 11.3 Å². The van der Waals surface area contributed by atoms with Gasteiger partial charge in [-0.3, -0.25) is 4.79 Å². The summed E-state index contributed by atoms with van der Waals surface area (Å²) >= 11 is 2.93. The van der Waals surface area contributed by atoms with Crippen molar-refractivity contribution >= 4 is 35.2 Å². The van der Waals surface area contributed by atoms with Crippen LogP contribution in [0.15, 0.2) is 69.4 Å². The Morgan fingerprint density at radius 3 is 2.93 bits per heavy atom. The third-order valence-electron chi connectivity index (χ3n) is 3.45. The van der Waals surface area contributed by atoms with Gasteiger partial charge < -0.3 is 4.74 Å². The molecular weight excluding hydrogens is 378 g/mol. The SMILES string of the molecule is CCOc1cccc(/C=N/NC(=O)CSc2nc(-c3ccccc3)cs2)c1. The second kappa shape index (κ2) is 9.89. The van der Waals surface area contributed by atoms with Crippen molar-refractivity contribution in [2.24, 2.45) is 5.10 Å². The summed E-state index contributed by atoms with van der Waals surface area (Å²) in [5.74, 6) is 0.868. The summed E-state index contributed by atoms with van der Waals surface area (Å²) < 4.78 is 6.30. The fourth-order valence-corrected chi connectivity index (χ4v) is 3.88. The lowest BCUT2D eigenvalue weighted by molar-refractivity contribution is -0.118. The Labute approximate surface area is 166 Å². The first-order valence-electron chi connectivity index (χ1n) is 8.43. The van der Waals surface area contributed by atoms with Crippen molar-refractivity contribution in [1.82, 2.24) is 10.4 Å². The molecule has 1 N–H and O–H groups in total. The van der Waals surface area contributed by atoms with E-state index in [1.807, 2.05) is 66.9 Å². The van der Waals surface area contributed by atoms with Crippen molar-refractivity contribution in [2.75, 3.05) is 12.4 Å². The second-order valence-electron chi connectivity index (χ2n) is 5.45. The molecule has 0 saturated carbocycles. The van der Waals surface area contributed by atoms with E-state index in [0.717, 1.165) is 26.9 Å². The molecule has 5 nitrogen and oxygen atoms in total. The largest absolute Gasteiger partial charge is 0.494 e. The number of benzene rings is 2. The average Bonchev–Trinajstić information content (AvgIpc) is 3.17. The zero-order chi connectivity index (χ0) is 18.9. The molecule has 0 aliphatic rings. The van der Waals surface area contributed by atoms with Gasteiger partial charge in [0.1, 0.15) is 5.75 Å². The predicted molar refractivity (Wildman–Crippen MR) is 112 cm³/mol. The van der Waals surface area contributed by atoms with Gasteiger partial charge >= 0.3 is 0 Å². The number of aromatic nitrogens is 1. The molecule has 0 aliphatic carbocycles. The molecular formula is C20H19N3O2S2. The number of hydrogen-bond donors (Lipinski definition) is 1. The zero-order valence-electron chi connectivity index (χ0n) is 14.8. The Balaban J connectivity index is 1.47. The first-order chi connectivity index (χ1) is 13.2. The van der Waals surface area contributed by atoms with Crippen molar-refractivity contribution in [3.63, 3.8) is 0 Å². The lowest BCUT2D eigenvalue weighted by Gasteiger charge is -2.03. The van der Waals surface area contributed by atoms with Crippen LogP contribution in [-0.4, -0.2) is 29.5 Å². The maximum absolute atomic E-state index is 12.0. The highest BCUT2D eigenvalue weighted by Gasteiger charge is 2.07. The number of thiazole rings is 1. The number of carbonyl (C=O) groups is 1. The fourth-order valence-electron chi connectivity index (χ4n) is 2.25. The monoisotopic (exact) mass is 397 g/mol. The number of nitrogens with one attached hydrogen (secondary N) is 1. The summed E-state index contributed by atoms with van der Waals surface area (Å²) in [5, 5.41) is 6.00. The van der Waals surface area contributed by atoms with Gasteiger partial charge in [0, 0.05) is 10.9 Å². The summed E-state index contributed by atoms with van der Waals surface area (Å²) in [6.45, 7) is 2.54. The van der Waals surface area contributed by atoms with E-state index >= 15 is 0 Å². The molecule has 1 heterocycles. The van der Waals surface area contributed by atoms with Crippen LogP contribution < -0.4 is 10.2 Å². The quantitative estimate of drug-likeness (QED) is 0.346. The highest BCUT2D eigenvalue weighted by molar-refractivity contribution is 8.01. The third-order valence-corrected chi connectivity index (χ3v) is 5.47. The van der Waals surface area contributed by atoms with Crippen molar-refractivity contribution in [1.29, 1.82) is 0 Å². The molecule has 1 aromatic heterocycles. The summed E-state index contributed by atoms with van der Waals surface area (Å²) in [6, 6.07) is 17.5. The second-order valence-corrected chi connectivity index (χ2v) is 7.53. The van der Waals surface area contributed by atoms with Crippen LogP contribution in [0.3, 0.4) is 0 Å². The minimum absolute atomic E-state index is 0.173. The summed E-state index contributed by atoms with van der Waals surface area (Å²) in [6.07, 6.45) is 1.60. The predicted octanol–water partition coefficient (Wildman–Crippen LogP) is 4.45. The molecule has 0 fully saturated rings. The van der Waals surface area contributed by atoms with Gasteiger partial charge in [0.15, 0.2) is 4.34 Å². The van der Waals surface area contributed by atoms with Gasteiger partial charge in [-0.05, 0) is 24.6 Å². The van der Waals surface area contributed by atoms with Gasteiger partial charge in [-0.25, -0.2) is 10.4 Å². The molecule has 0 atom stereocenters. The van der Waals surface area contributed by atoms with Crippen LogP contribution in [0.5, 0.6) is 5.75 Å². The van der Waals surface area contributed by atoms with Crippen LogP contribution in [-0.2, 0) is 4.79 Å². The first-order valence-corrected chi connectivity index (χ1v) is 10.3. The number of carbonyl (C=O) groups excluding carboxylic acids is 1. The van der Waals surface area contributed by atoms with E-state index in [-0.39, 0.29) is 11.7 Å². The van der Waals surface area contributed by atoms with Crippen molar-refractivity contribution < 1.29 is 9.53 Å². The number of hydrogen-bond acceptors (Lipinski definition) is 6. The van der Waals surface area contributed by atoms with E-state index in [1.165, 1.54) is 23.1 Å². The van der Waals surface area contributed by atoms with E-state index in [1.54, 1.807) is 6.21 Å². The number of rotatable bonds is 8. The van der Waals surface area contributed by atoms with E-state index in [9.17, 15) is 4.79 Å². The maximum atomic E-state index is 12.0. The minimum Gasteiger partial charge on any atom is -0.494 e. The lowest BCUT2D eigenvalue weighted by Crippen LogP contribution is -2.19. The van der Waals surface area contributed by atoms with Gasteiger partial charge in [-0.1, -0.05) is 54.2 Å². The molecule has 27 heavy (non-hydrogen) atoms. The fraction of sp³-hybridized carbons (Fsp3) is 0.150. The van der Waals surface area contributed by atoms with E-state index in [4.69, 9.17) is 4.74 Å². The van der Waals surface area contributed by atoms with E-state index < -0.39 is 0 Å². The molecule has 1 amide bonds. The molecule has 2 aromatic carbocycles. The third kappa shape index (κ3) is 5.94. The van der Waals surface area contributed by atoms with Crippen LogP contribution in [0.25, 0.3) is 11.3 Å². The molecule has 0 unspecified atom stereocenters. The van der Waals surface area contributed by atoms with Crippen LogP contribution in [0.2, 0.25) is 0 Å². The first kappa shape index (κ1) is 19.1. The molecule has 3 rings (SSSR count). The molecule has 0 bridgehead atoms. The van der Waals surface area contributed by atoms with Crippen molar-refractivity contribution in [3.05, 3.63) is 65.5 Å². The highest BCUT2D eigenvalue weighted by atomic mass is 32.2. The summed E-state index contributed by atoms with van der Waals surface area (Å²) in [4.78, 5) is 16.5. The smallest absolute Gasteiger partial charge is 0.250 e. The van der Waals surface area contributed by atoms with Crippen LogP contribution in [0, 0.1) is 0 Å². The van der Waals surface area contributed by atoms with Crippen molar-refractivity contribution in [3.8, 4) is 17.0 Å². The zero-order valence-corrected chi connectivity index (χ0v) is 16.4. The van der Waals surface area contributed by atoms with Gasteiger partial charge in [0.2, 0.25) is 0 Å². The normalized spacial score (nSPS) is 10.9. The van der Waals surface area contributed by atoms with Crippen LogP contribution in [0.1, 0.15) is 12.5 Å². The lowest BCUT2D eigenvalue weighted by atomic mass is 10.2. The Bertz CT molecular complexity index is 910. The number of nitrogens with zero attached hydrogens (tertiary/aromatic N) is 2. The van der Waals surface area contributed by atoms with Gasteiger partial charge in [0.25, 0.3) is 5.91 Å². The van der Waals surface area contributed by atoms with Crippen LogP contribution >= 0.6 is 23.1 Å². The Kier molecular flexibility index (Phi) is 7.01. The Hall–Kier alpha value is -2.64. The molecule has 7 heteroatoms. The number of amides is 1. The maximum Gasteiger partial charge on any atom is 0.250 e. The molecule has 138 valence electrons. The number of ether oxygens (including phenoxy) is 1. The van der Waals surface area contributed by atoms with Gasteiger partial charge in [-0.2, -0.15) is 5.10 Å². The average molecular weight is 398 g/mol. The Morgan fingerprint density at radius 2 is 2.11 bits per heavy atom. The number of hydrazone groups is 1. The van der Waals surface area contributed by atoms with E-state index in [0.29, 0.717) is 6.61 Å². The summed E-state index contributed by atoms with van der Waals surface area (Å²) in [5.41, 5.74) is 5.40. The van der Waals surface area contributed by atoms with Crippen molar-refractivity contribution in [2.45, 2.75) is 11.3 Å². The highest BCUT2D eigenvalue weighted by Crippen LogP contribution is 2.27. The molecule has 0 saturated heterocycles. The van der Waals surface area contributed by atoms with E-state index in [2.05, 4.69) is 15.5 Å². The van der Waals surface area contributed by atoms with Crippen LogP contribution in [0.4, 0.5) is 0 Å². The minimum atomic E-state index is -0.173. The molecule has 0 aliphatic heterocycles. The van der Waals surface area contributed by atoms with Gasteiger partial charge in [0.05, 0.1) is 24.3 Å². The summed E-state index contributed by atoms with van der Waals surface area (Å²) in [7, 11) is 0. The molecule has 3 aromatic rings. The Morgan fingerprint density at radius 1 is 1.26 bits per heavy atom. The molecule has 0 radical (unpaired) electrons. The topological polar surface area (TPSA) is 63.6 Å².